The van der Waals surface area contributed by atoms with E-state index in [-0.39, 0.29) is 6.04 Å². The fourth-order valence-corrected chi connectivity index (χ4v) is 3.27. The molecule has 2 aromatic carbocycles. The Morgan fingerprint density at radius 3 is 2.71 bits per heavy atom. The lowest BCUT2D eigenvalue weighted by Gasteiger charge is -2.11. The smallest absolute Gasteiger partial charge is 0.226 e. The van der Waals surface area contributed by atoms with E-state index in [4.69, 9.17) is 14.9 Å². The molecule has 0 aliphatic heterocycles. The Bertz CT molecular complexity index is 1060. The number of hydrogen-bond acceptors (Lipinski definition) is 5. The number of pyridine rings is 1. The molecule has 1 atom stereocenters. The van der Waals surface area contributed by atoms with Crippen LogP contribution in [0.4, 0.5) is 0 Å². The van der Waals surface area contributed by atoms with Crippen molar-refractivity contribution in [1.29, 1.82) is 0 Å². The first-order chi connectivity index (χ1) is 13.7. The predicted octanol–water partition coefficient (Wildman–Crippen LogP) is 4.40. The zero-order valence-electron chi connectivity index (χ0n) is 15.8. The number of aromatic nitrogens is 2. The quantitative estimate of drug-likeness (QED) is 0.520. The van der Waals surface area contributed by atoms with Crippen LogP contribution in [0.3, 0.4) is 0 Å². The molecule has 5 nitrogen and oxygen atoms in total. The molecule has 4 rings (SSSR count). The van der Waals surface area contributed by atoms with Crippen LogP contribution in [0.25, 0.3) is 22.2 Å². The molecular weight excluding hydrogens is 350 g/mol. The van der Waals surface area contributed by atoms with Crippen molar-refractivity contribution in [1.82, 2.24) is 9.97 Å². The average Bonchev–Trinajstić information content (AvgIpc) is 3.21. The van der Waals surface area contributed by atoms with Crippen molar-refractivity contribution < 1.29 is 9.15 Å². The third kappa shape index (κ3) is 4.21. The highest BCUT2D eigenvalue weighted by Crippen LogP contribution is 2.24. The van der Waals surface area contributed by atoms with E-state index in [1.807, 2.05) is 36.5 Å². The minimum absolute atomic E-state index is 0.0649. The first kappa shape index (κ1) is 18.2. The predicted molar refractivity (Wildman–Crippen MR) is 110 cm³/mol. The molecule has 0 amide bonds. The summed E-state index contributed by atoms with van der Waals surface area (Å²) in [5.41, 5.74) is 8.48. The van der Waals surface area contributed by atoms with Gasteiger partial charge in [0.2, 0.25) is 5.89 Å². The van der Waals surface area contributed by atoms with Gasteiger partial charge in [0, 0.05) is 35.8 Å². The Balaban J connectivity index is 1.37. The van der Waals surface area contributed by atoms with Crippen molar-refractivity contribution in [3.8, 4) is 17.2 Å². The van der Waals surface area contributed by atoms with Gasteiger partial charge in [0.05, 0.1) is 13.3 Å². The van der Waals surface area contributed by atoms with E-state index in [2.05, 4.69) is 28.2 Å². The zero-order chi connectivity index (χ0) is 19.3. The van der Waals surface area contributed by atoms with Crippen molar-refractivity contribution in [2.45, 2.75) is 25.3 Å². The monoisotopic (exact) mass is 373 g/mol. The number of benzene rings is 2. The van der Waals surface area contributed by atoms with Gasteiger partial charge in [-0.1, -0.05) is 18.2 Å². The van der Waals surface area contributed by atoms with Crippen molar-refractivity contribution in [3.63, 3.8) is 0 Å². The number of aryl methyl sites for hydroxylation is 1. The fourth-order valence-electron chi connectivity index (χ4n) is 3.27. The molecule has 142 valence electrons. The molecular formula is C23H23N3O2. The summed E-state index contributed by atoms with van der Waals surface area (Å²) in [6.07, 6.45) is 7.86. The second kappa shape index (κ2) is 8.23. The molecule has 4 aromatic rings. The molecule has 0 radical (unpaired) electrons. The number of ether oxygens (including phenoxy) is 1. The average molecular weight is 373 g/mol. The van der Waals surface area contributed by atoms with Crippen LogP contribution in [-0.4, -0.2) is 23.1 Å². The number of methoxy groups -OCH3 is 1. The van der Waals surface area contributed by atoms with Gasteiger partial charge in [0.15, 0.2) is 0 Å². The number of nitrogens with two attached hydrogens (primary N) is 1. The summed E-state index contributed by atoms with van der Waals surface area (Å²) in [5.74, 6) is 2.35. The molecule has 2 heterocycles. The number of hydrogen-bond donors (Lipinski definition) is 1. The Morgan fingerprint density at radius 2 is 1.89 bits per heavy atom. The van der Waals surface area contributed by atoms with E-state index >= 15 is 0 Å². The lowest BCUT2D eigenvalue weighted by molar-refractivity contribution is 0.414. The Morgan fingerprint density at radius 1 is 1.04 bits per heavy atom. The van der Waals surface area contributed by atoms with Crippen LogP contribution in [0.2, 0.25) is 0 Å². The number of rotatable bonds is 7. The van der Waals surface area contributed by atoms with Crippen LogP contribution in [-0.2, 0) is 12.8 Å². The van der Waals surface area contributed by atoms with Crippen LogP contribution in [0, 0.1) is 0 Å². The fraction of sp³-hybridized carbons (Fsp3) is 0.217. The van der Waals surface area contributed by atoms with Gasteiger partial charge in [0.1, 0.15) is 11.5 Å². The van der Waals surface area contributed by atoms with Crippen LogP contribution >= 0.6 is 0 Å². The van der Waals surface area contributed by atoms with Crippen LogP contribution < -0.4 is 10.5 Å². The molecule has 0 aliphatic rings. The van der Waals surface area contributed by atoms with Gasteiger partial charge in [0.25, 0.3) is 0 Å². The lowest BCUT2D eigenvalue weighted by atomic mass is 10.0. The van der Waals surface area contributed by atoms with E-state index < -0.39 is 0 Å². The number of nitrogens with zero attached hydrogens (tertiary/aromatic N) is 2. The van der Waals surface area contributed by atoms with Crippen molar-refractivity contribution in [2.24, 2.45) is 5.73 Å². The molecule has 0 aliphatic carbocycles. The number of oxazole rings is 1. The van der Waals surface area contributed by atoms with Crippen molar-refractivity contribution in [3.05, 3.63) is 78.4 Å². The molecule has 2 aromatic heterocycles. The Hall–Kier alpha value is -3.18. The molecule has 0 saturated carbocycles. The summed E-state index contributed by atoms with van der Waals surface area (Å²) in [7, 11) is 1.67. The summed E-state index contributed by atoms with van der Waals surface area (Å²) in [6.45, 7) is 0. The standard InChI is InChI=1S/C23H23N3O2/c1-27-21-7-2-16(3-8-21)12-20(24)6-9-22-15-26-23(28-22)18-4-5-19-14-25-11-10-17(19)13-18/h2-5,7-8,10-11,13-15,20H,6,9,12,24H2,1H3/t20-/m1/s1. The normalized spacial score (nSPS) is 12.2. The second-order valence-corrected chi connectivity index (χ2v) is 6.92. The maximum Gasteiger partial charge on any atom is 0.226 e. The third-order valence-electron chi connectivity index (χ3n) is 4.86. The van der Waals surface area contributed by atoms with Gasteiger partial charge in [-0.15, -0.1) is 0 Å². The van der Waals surface area contributed by atoms with Crippen LogP contribution in [0.5, 0.6) is 5.75 Å². The van der Waals surface area contributed by atoms with E-state index in [1.165, 1.54) is 5.56 Å². The lowest BCUT2D eigenvalue weighted by Crippen LogP contribution is -2.23. The topological polar surface area (TPSA) is 74.2 Å². The minimum Gasteiger partial charge on any atom is -0.497 e. The van der Waals surface area contributed by atoms with E-state index in [0.29, 0.717) is 5.89 Å². The highest BCUT2D eigenvalue weighted by Gasteiger charge is 2.10. The molecule has 0 fully saturated rings. The third-order valence-corrected chi connectivity index (χ3v) is 4.86. The summed E-state index contributed by atoms with van der Waals surface area (Å²) in [6, 6.07) is 16.2. The van der Waals surface area contributed by atoms with E-state index in [1.54, 1.807) is 19.5 Å². The first-order valence-corrected chi connectivity index (χ1v) is 9.38. The molecule has 0 bridgehead atoms. The zero-order valence-corrected chi connectivity index (χ0v) is 15.8. The van der Waals surface area contributed by atoms with Gasteiger partial charge in [-0.3, -0.25) is 4.98 Å². The molecule has 5 heteroatoms. The SMILES string of the molecule is COc1ccc(C[C@H](N)CCc2cnc(-c3ccc4cnccc4c3)o2)cc1. The van der Waals surface area contributed by atoms with Gasteiger partial charge in [-0.25, -0.2) is 4.98 Å². The van der Waals surface area contributed by atoms with Gasteiger partial charge in [-0.05, 0) is 54.1 Å². The van der Waals surface area contributed by atoms with Gasteiger partial charge in [-0.2, -0.15) is 0 Å². The van der Waals surface area contributed by atoms with Gasteiger partial charge >= 0.3 is 0 Å². The van der Waals surface area contributed by atoms with Crippen molar-refractivity contribution >= 4 is 10.8 Å². The van der Waals surface area contributed by atoms with Crippen LogP contribution in [0.1, 0.15) is 17.7 Å². The maximum atomic E-state index is 6.31. The van der Waals surface area contributed by atoms with Gasteiger partial charge < -0.3 is 14.9 Å². The van der Waals surface area contributed by atoms with Crippen molar-refractivity contribution in [2.75, 3.05) is 7.11 Å². The summed E-state index contributed by atoms with van der Waals surface area (Å²) >= 11 is 0. The second-order valence-electron chi connectivity index (χ2n) is 6.92. The van der Waals surface area contributed by atoms with E-state index in [0.717, 1.165) is 47.1 Å². The molecule has 2 N–H and O–H groups in total. The molecule has 28 heavy (non-hydrogen) atoms. The highest BCUT2D eigenvalue weighted by atomic mass is 16.5. The summed E-state index contributed by atoms with van der Waals surface area (Å²) < 4.78 is 11.1. The van der Waals surface area contributed by atoms with Crippen LogP contribution in [0.15, 0.2) is 71.5 Å². The Labute approximate surface area is 164 Å². The molecule has 0 spiro atoms. The largest absolute Gasteiger partial charge is 0.497 e. The summed E-state index contributed by atoms with van der Waals surface area (Å²) in [5, 5.41) is 2.22. The first-order valence-electron chi connectivity index (χ1n) is 9.38. The Kier molecular flexibility index (Phi) is 5.35. The summed E-state index contributed by atoms with van der Waals surface area (Å²) in [4.78, 5) is 8.58. The van der Waals surface area contributed by atoms with E-state index in [9.17, 15) is 0 Å². The number of fused-ring (bicyclic) bond motifs is 1. The minimum atomic E-state index is 0.0649. The highest BCUT2D eigenvalue weighted by molar-refractivity contribution is 5.85. The molecule has 0 saturated heterocycles. The molecule has 0 unspecified atom stereocenters. The maximum absolute atomic E-state index is 6.31.